The molecule has 4 aromatic carbocycles. The SMILES string of the molecule is Cc1ccc2c(c1)C1(c3cc(C)ccc3N2C)c2cc(C)ccc2N(C)c2ccc(C)cc21. The minimum atomic E-state index is -0.371. The number of hydrogen-bond donors (Lipinski definition) is 0. The van der Waals surface area contributed by atoms with Crippen LogP contribution in [0.4, 0.5) is 22.7 Å². The Morgan fingerprint density at radius 3 is 0.909 bits per heavy atom. The second-order valence-electron chi connectivity index (χ2n) is 9.95. The lowest BCUT2D eigenvalue weighted by molar-refractivity contribution is 0.708. The van der Waals surface area contributed by atoms with Crippen LogP contribution in [0.5, 0.6) is 0 Å². The molecule has 0 aliphatic carbocycles. The predicted molar refractivity (Wildman–Crippen MR) is 140 cm³/mol. The fourth-order valence-electron chi connectivity index (χ4n) is 6.10. The molecule has 1 spiro atoms. The van der Waals surface area contributed by atoms with Gasteiger partial charge in [0.2, 0.25) is 0 Å². The summed E-state index contributed by atoms with van der Waals surface area (Å²) in [6, 6.07) is 27.9. The summed E-state index contributed by atoms with van der Waals surface area (Å²) in [5.41, 5.74) is 15.4. The Hall–Kier alpha value is -3.52. The molecule has 164 valence electrons. The number of benzene rings is 4. The Labute approximate surface area is 197 Å². The summed E-state index contributed by atoms with van der Waals surface area (Å²) in [7, 11) is 4.41. The molecule has 0 unspecified atom stereocenters. The second-order valence-corrected chi connectivity index (χ2v) is 9.95. The van der Waals surface area contributed by atoms with Gasteiger partial charge in [-0.2, -0.15) is 0 Å². The van der Waals surface area contributed by atoms with Crippen LogP contribution in [0.1, 0.15) is 44.5 Å². The number of anilines is 4. The van der Waals surface area contributed by atoms with Crippen LogP contribution >= 0.6 is 0 Å². The van der Waals surface area contributed by atoms with Gasteiger partial charge in [-0.1, -0.05) is 70.8 Å². The van der Waals surface area contributed by atoms with E-state index < -0.39 is 0 Å². The maximum atomic E-state index is 2.42. The van der Waals surface area contributed by atoms with Crippen molar-refractivity contribution in [1.82, 2.24) is 0 Å². The molecular formula is C31H30N2. The van der Waals surface area contributed by atoms with Crippen LogP contribution in [0.15, 0.2) is 72.8 Å². The molecule has 2 heteroatoms. The molecule has 0 saturated carbocycles. The van der Waals surface area contributed by atoms with Gasteiger partial charge in [-0.3, -0.25) is 0 Å². The van der Waals surface area contributed by atoms with Gasteiger partial charge >= 0.3 is 0 Å². The largest absolute Gasteiger partial charge is 0.344 e. The molecule has 0 aromatic heterocycles. The van der Waals surface area contributed by atoms with Crippen LogP contribution in [0.3, 0.4) is 0 Å². The molecule has 0 fully saturated rings. The highest BCUT2D eigenvalue weighted by Crippen LogP contribution is 2.61. The third-order valence-corrected chi connectivity index (χ3v) is 7.67. The van der Waals surface area contributed by atoms with Crippen LogP contribution in [0.2, 0.25) is 0 Å². The molecular weight excluding hydrogens is 400 g/mol. The van der Waals surface area contributed by atoms with E-state index in [0.29, 0.717) is 0 Å². The summed E-state index contributed by atoms with van der Waals surface area (Å²) in [5, 5.41) is 0. The van der Waals surface area contributed by atoms with E-state index in [1.54, 1.807) is 0 Å². The van der Waals surface area contributed by atoms with Gasteiger partial charge in [-0.15, -0.1) is 0 Å². The average molecular weight is 431 g/mol. The van der Waals surface area contributed by atoms with Gasteiger partial charge in [-0.25, -0.2) is 0 Å². The van der Waals surface area contributed by atoms with Crippen molar-refractivity contribution < 1.29 is 0 Å². The van der Waals surface area contributed by atoms with Crippen molar-refractivity contribution in [2.45, 2.75) is 33.1 Å². The summed E-state index contributed by atoms with van der Waals surface area (Å²) in [5.74, 6) is 0. The minimum absolute atomic E-state index is 0.371. The lowest BCUT2D eigenvalue weighted by Gasteiger charge is -2.50. The predicted octanol–water partition coefficient (Wildman–Crippen LogP) is 7.47. The molecule has 2 heterocycles. The number of nitrogens with zero attached hydrogens (tertiary/aromatic N) is 2. The molecule has 0 N–H and O–H groups in total. The zero-order valence-corrected chi connectivity index (χ0v) is 20.3. The van der Waals surface area contributed by atoms with E-state index in [0.717, 1.165) is 0 Å². The Balaban J connectivity index is 1.90. The van der Waals surface area contributed by atoms with Gasteiger partial charge in [0.05, 0.1) is 5.41 Å². The molecule has 4 aromatic rings. The van der Waals surface area contributed by atoms with Gasteiger partial charge in [0.25, 0.3) is 0 Å². The molecule has 0 radical (unpaired) electrons. The first kappa shape index (κ1) is 20.1. The van der Waals surface area contributed by atoms with Gasteiger partial charge < -0.3 is 9.80 Å². The van der Waals surface area contributed by atoms with E-state index in [2.05, 4.69) is 124 Å². The standard InChI is InChI=1S/C31H30N2/c1-19-7-11-27-23(15-19)31(24-16-20(2)8-12-28(24)32(27)5)25-17-21(3)9-13-29(25)33(6)30-14-10-22(4)18-26(30)31/h7-18H,1-6H3. The van der Waals surface area contributed by atoms with Gasteiger partial charge in [0.15, 0.2) is 0 Å². The molecule has 0 bridgehead atoms. The lowest BCUT2D eigenvalue weighted by atomic mass is 9.59. The Kier molecular flexibility index (Phi) is 4.11. The minimum Gasteiger partial charge on any atom is -0.344 e. The second kappa shape index (κ2) is 6.74. The first-order valence-electron chi connectivity index (χ1n) is 11.7. The molecule has 33 heavy (non-hydrogen) atoms. The highest BCUT2D eigenvalue weighted by Gasteiger charge is 2.50. The summed E-state index contributed by atoms with van der Waals surface area (Å²) in [4.78, 5) is 4.75. The van der Waals surface area contributed by atoms with E-state index in [4.69, 9.17) is 0 Å². The summed E-state index contributed by atoms with van der Waals surface area (Å²) in [6.45, 7) is 8.85. The highest BCUT2D eigenvalue weighted by molar-refractivity contribution is 5.91. The van der Waals surface area contributed by atoms with E-state index in [9.17, 15) is 0 Å². The molecule has 2 aliphatic heterocycles. The molecule has 0 saturated heterocycles. The van der Waals surface area contributed by atoms with E-state index in [-0.39, 0.29) is 5.41 Å². The van der Waals surface area contributed by atoms with E-state index in [1.807, 2.05) is 0 Å². The van der Waals surface area contributed by atoms with Crippen LogP contribution in [-0.2, 0) is 5.41 Å². The maximum absolute atomic E-state index is 2.42. The van der Waals surface area contributed by atoms with Gasteiger partial charge in [0, 0.05) is 36.8 Å². The maximum Gasteiger partial charge on any atom is 0.0782 e. The number of rotatable bonds is 0. The van der Waals surface area contributed by atoms with Crippen molar-refractivity contribution in [2.24, 2.45) is 0 Å². The fourth-order valence-corrected chi connectivity index (χ4v) is 6.10. The zero-order chi connectivity index (χ0) is 23.1. The average Bonchev–Trinajstić information content (AvgIpc) is 2.79. The highest BCUT2D eigenvalue weighted by atomic mass is 15.1. The summed E-state index contributed by atoms with van der Waals surface area (Å²) >= 11 is 0. The number of aryl methyl sites for hydroxylation is 4. The third-order valence-electron chi connectivity index (χ3n) is 7.67. The third kappa shape index (κ3) is 2.55. The molecule has 2 aliphatic rings. The number of hydrogen-bond acceptors (Lipinski definition) is 2. The van der Waals surface area contributed by atoms with Crippen molar-refractivity contribution in [2.75, 3.05) is 23.9 Å². The van der Waals surface area contributed by atoms with Crippen molar-refractivity contribution >= 4 is 22.7 Å². The normalized spacial score (nSPS) is 15.1. The molecule has 6 rings (SSSR count). The first-order valence-corrected chi connectivity index (χ1v) is 11.7. The van der Waals surface area contributed by atoms with Crippen molar-refractivity contribution in [3.63, 3.8) is 0 Å². The van der Waals surface area contributed by atoms with Gasteiger partial charge in [0.1, 0.15) is 0 Å². The monoisotopic (exact) mass is 430 g/mol. The van der Waals surface area contributed by atoms with Gasteiger partial charge in [-0.05, 0) is 74.2 Å². The fraction of sp³-hybridized carbons (Fsp3) is 0.226. The topological polar surface area (TPSA) is 6.48 Å². The summed E-state index contributed by atoms with van der Waals surface area (Å²) in [6.07, 6.45) is 0. The molecule has 2 nitrogen and oxygen atoms in total. The zero-order valence-electron chi connectivity index (χ0n) is 20.3. The first-order chi connectivity index (χ1) is 15.8. The van der Waals surface area contributed by atoms with Crippen LogP contribution in [-0.4, -0.2) is 14.1 Å². The van der Waals surface area contributed by atoms with Crippen LogP contribution in [0.25, 0.3) is 0 Å². The quantitative estimate of drug-likeness (QED) is 0.285. The van der Waals surface area contributed by atoms with Crippen molar-refractivity contribution in [1.29, 1.82) is 0 Å². The molecule has 0 atom stereocenters. The summed E-state index contributed by atoms with van der Waals surface area (Å²) < 4.78 is 0. The number of fused-ring (bicyclic) bond motifs is 8. The van der Waals surface area contributed by atoms with Crippen LogP contribution in [0, 0.1) is 27.7 Å². The van der Waals surface area contributed by atoms with Crippen molar-refractivity contribution in [3.05, 3.63) is 117 Å². The Morgan fingerprint density at radius 2 is 0.667 bits per heavy atom. The van der Waals surface area contributed by atoms with Crippen LogP contribution < -0.4 is 9.80 Å². The molecule has 0 amide bonds. The Morgan fingerprint density at radius 1 is 0.424 bits per heavy atom. The smallest absolute Gasteiger partial charge is 0.0782 e. The van der Waals surface area contributed by atoms with E-state index >= 15 is 0 Å². The Bertz CT molecular complexity index is 1220. The van der Waals surface area contributed by atoms with Crippen molar-refractivity contribution in [3.8, 4) is 0 Å². The van der Waals surface area contributed by atoms with E-state index in [1.165, 1.54) is 67.3 Å². The lowest BCUT2D eigenvalue weighted by Crippen LogP contribution is -2.42.